The third kappa shape index (κ3) is 4.48. The maximum Gasteiger partial charge on any atom is 0.225 e. The van der Waals surface area contributed by atoms with E-state index in [0.717, 1.165) is 16.8 Å². The van der Waals surface area contributed by atoms with Gasteiger partial charge in [0.1, 0.15) is 0 Å². The second kappa shape index (κ2) is 8.43. The Bertz CT molecular complexity index is 838. The molecule has 0 spiro atoms. The zero-order chi connectivity index (χ0) is 18.5. The summed E-state index contributed by atoms with van der Waals surface area (Å²) in [4.78, 5) is 16.2. The van der Waals surface area contributed by atoms with Gasteiger partial charge in [0.2, 0.25) is 5.91 Å². The highest BCUT2D eigenvalue weighted by Gasteiger charge is 2.24. The number of fused-ring (bicyclic) bond motifs is 1. The molecular formula is C19H20Cl2N4O. The van der Waals surface area contributed by atoms with Crippen molar-refractivity contribution in [3.8, 4) is 0 Å². The first-order chi connectivity index (χ1) is 12.6. The molecule has 1 unspecified atom stereocenters. The molecule has 2 aromatic carbocycles. The fourth-order valence-corrected chi connectivity index (χ4v) is 3.44. The van der Waals surface area contributed by atoms with Crippen molar-refractivity contribution in [1.29, 1.82) is 0 Å². The number of carbonyl (C=O) groups excluding carboxylic acids is 1. The number of nitrogens with zero attached hydrogens (tertiary/aromatic N) is 1. The highest BCUT2D eigenvalue weighted by atomic mass is 35.5. The molecular weight excluding hydrogens is 371 g/mol. The molecule has 0 saturated heterocycles. The number of anilines is 1. The summed E-state index contributed by atoms with van der Waals surface area (Å²) < 4.78 is 0. The standard InChI is InChI=1S/C19H20Cl2N4O/c1-22-19(23-10-12-6-7-14(20)9-16(12)21)24-11-13-8-18(26)25-17-5-3-2-4-15(13)17/h2-7,9,13H,8,10-11H2,1H3,(H,25,26)(H2,22,23,24). The summed E-state index contributed by atoms with van der Waals surface area (Å²) in [6, 6.07) is 13.3. The molecule has 1 heterocycles. The normalized spacial score (nSPS) is 16.7. The molecule has 3 rings (SSSR count). The second-order valence-electron chi connectivity index (χ2n) is 6.08. The number of guanidine groups is 1. The molecule has 0 fully saturated rings. The monoisotopic (exact) mass is 390 g/mol. The number of amides is 1. The van der Waals surface area contributed by atoms with Gasteiger partial charge in [0.25, 0.3) is 0 Å². The Kier molecular flexibility index (Phi) is 6.01. The fraction of sp³-hybridized carbons (Fsp3) is 0.263. The predicted octanol–water partition coefficient (Wildman–Crippen LogP) is 3.78. The molecule has 3 N–H and O–H groups in total. The summed E-state index contributed by atoms with van der Waals surface area (Å²) in [6.07, 6.45) is 0.448. The lowest BCUT2D eigenvalue weighted by Gasteiger charge is -2.26. The van der Waals surface area contributed by atoms with Gasteiger partial charge in [-0.05, 0) is 29.3 Å². The molecule has 0 saturated carbocycles. The molecule has 1 atom stereocenters. The van der Waals surface area contributed by atoms with E-state index in [4.69, 9.17) is 23.2 Å². The average molecular weight is 391 g/mol. The first-order valence-corrected chi connectivity index (χ1v) is 9.09. The number of nitrogens with one attached hydrogen (secondary N) is 3. The van der Waals surface area contributed by atoms with Crippen molar-refractivity contribution in [2.45, 2.75) is 18.9 Å². The van der Waals surface area contributed by atoms with E-state index in [1.165, 1.54) is 0 Å². The van der Waals surface area contributed by atoms with E-state index in [1.807, 2.05) is 30.3 Å². The summed E-state index contributed by atoms with van der Waals surface area (Å²) in [5.74, 6) is 0.781. The highest BCUT2D eigenvalue weighted by Crippen LogP contribution is 2.31. The van der Waals surface area contributed by atoms with Crippen LogP contribution in [-0.2, 0) is 11.3 Å². The van der Waals surface area contributed by atoms with E-state index < -0.39 is 0 Å². The van der Waals surface area contributed by atoms with Crippen molar-refractivity contribution in [2.24, 2.45) is 4.99 Å². The van der Waals surface area contributed by atoms with Gasteiger partial charge in [0, 0.05) is 48.2 Å². The zero-order valence-corrected chi connectivity index (χ0v) is 15.9. The molecule has 5 nitrogen and oxygen atoms in total. The Balaban J connectivity index is 1.60. The Morgan fingerprint density at radius 2 is 2.04 bits per heavy atom. The van der Waals surface area contributed by atoms with Crippen molar-refractivity contribution in [2.75, 3.05) is 18.9 Å². The van der Waals surface area contributed by atoms with Gasteiger partial charge in [-0.1, -0.05) is 47.5 Å². The number of benzene rings is 2. The van der Waals surface area contributed by atoms with Crippen LogP contribution in [-0.4, -0.2) is 25.5 Å². The molecule has 1 aliphatic rings. The van der Waals surface area contributed by atoms with Gasteiger partial charge < -0.3 is 16.0 Å². The van der Waals surface area contributed by atoms with Crippen molar-refractivity contribution >= 4 is 40.8 Å². The Hall–Kier alpha value is -2.24. The van der Waals surface area contributed by atoms with E-state index in [1.54, 1.807) is 19.2 Å². The van der Waals surface area contributed by atoms with E-state index in [2.05, 4.69) is 20.9 Å². The average Bonchev–Trinajstić information content (AvgIpc) is 2.63. The summed E-state index contributed by atoms with van der Waals surface area (Å²) in [6.45, 7) is 1.13. The van der Waals surface area contributed by atoms with Crippen LogP contribution in [0.25, 0.3) is 0 Å². The molecule has 26 heavy (non-hydrogen) atoms. The third-order valence-electron chi connectivity index (χ3n) is 4.31. The van der Waals surface area contributed by atoms with Crippen LogP contribution in [0, 0.1) is 0 Å². The predicted molar refractivity (Wildman–Crippen MR) is 107 cm³/mol. The van der Waals surface area contributed by atoms with Crippen LogP contribution in [0.1, 0.15) is 23.5 Å². The smallest absolute Gasteiger partial charge is 0.225 e. The largest absolute Gasteiger partial charge is 0.356 e. The molecule has 0 radical (unpaired) electrons. The van der Waals surface area contributed by atoms with Crippen LogP contribution in [0.3, 0.4) is 0 Å². The molecule has 7 heteroatoms. The third-order valence-corrected chi connectivity index (χ3v) is 4.89. The summed E-state index contributed by atoms with van der Waals surface area (Å²) in [5, 5.41) is 10.7. The van der Waals surface area contributed by atoms with Gasteiger partial charge in [0.05, 0.1) is 0 Å². The first kappa shape index (κ1) is 18.5. The number of para-hydroxylation sites is 1. The highest BCUT2D eigenvalue weighted by molar-refractivity contribution is 6.35. The van der Waals surface area contributed by atoms with Crippen LogP contribution in [0.4, 0.5) is 5.69 Å². The summed E-state index contributed by atoms with van der Waals surface area (Å²) in [7, 11) is 1.71. The number of rotatable bonds is 4. The van der Waals surface area contributed by atoms with Gasteiger partial charge in [-0.25, -0.2) is 0 Å². The van der Waals surface area contributed by atoms with Gasteiger partial charge in [-0.3, -0.25) is 9.79 Å². The SMILES string of the molecule is CN=C(NCc1ccc(Cl)cc1Cl)NCC1CC(=O)Nc2ccccc21. The van der Waals surface area contributed by atoms with Gasteiger partial charge in [-0.2, -0.15) is 0 Å². The Morgan fingerprint density at radius 1 is 1.23 bits per heavy atom. The van der Waals surface area contributed by atoms with Gasteiger partial charge in [0.15, 0.2) is 5.96 Å². The molecule has 136 valence electrons. The lowest BCUT2D eigenvalue weighted by Crippen LogP contribution is -2.40. The Morgan fingerprint density at radius 3 is 2.81 bits per heavy atom. The van der Waals surface area contributed by atoms with Crippen molar-refractivity contribution < 1.29 is 4.79 Å². The van der Waals surface area contributed by atoms with Crippen molar-refractivity contribution in [3.05, 3.63) is 63.6 Å². The van der Waals surface area contributed by atoms with E-state index in [9.17, 15) is 4.79 Å². The van der Waals surface area contributed by atoms with Crippen LogP contribution in [0.5, 0.6) is 0 Å². The van der Waals surface area contributed by atoms with Crippen molar-refractivity contribution in [1.82, 2.24) is 10.6 Å². The lowest BCUT2D eigenvalue weighted by molar-refractivity contribution is -0.116. The number of hydrogen-bond acceptors (Lipinski definition) is 2. The van der Waals surface area contributed by atoms with E-state index in [0.29, 0.717) is 35.5 Å². The number of aliphatic imine (C=N–C) groups is 1. The summed E-state index contributed by atoms with van der Waals surface area (Å²) >= 11 is 12.1. The minimum Gasteiger partial charge on any atom is -0.356 e. The number of halogens is 2. The molecule has 1 aliphatic heterocycles. The number of carbonyl (C=O) groups is 1. The minimum absolute atomic E-state index is 0.0337. The van der Waals surface area contributed by atoms with Crippen LogP contribution in [0.2, 0.25) is 10.0 Å². The number of hydrogen-bond donors (Lipinski definition) is 3. The van der Waals surface area contributed by atoms with Crippen LogP contribution >= 0.6 is 23.2 Å². The van der Waals surface area contributed by atoms with E-state index >= 15 is 0 Å². The molecule has 0 aliphatic carbocycles. The lowest BCUT2D eigenvalue weighted by atomic mass is 9.90. The Labute approximate surface area is 162 Å². The topological polar surface area (TPSA) is 65.5 Å². The van der Waals surface area contributed by atoms with Crippen LogP contribution in [0.15, 0.2) is 47.5 Å². The maximum atomic E-state index is 11.9. The van der Waals surface area contributed by atoms with Gasteiger partial charge in [-0.15, -0.1) is 0 Å². The van der Waals surface area contributed by atoms with Gasteiger partial charge >= 0.3 is 0 Å². The summed E-state index contributed by atoms with van der Waals surface area (Å²) in [5.41, 5.74) is 2.95. The molecule has 0 aromatic heterocycles. The zero-order valence-electron chi connectivity index (χ0n) is 14.4. The molecule has 1 amide bonds. The molecule has 0 bridgehead atoms. The van der Waals surface area contributed by atoms with Crippen LogP contribution < -0.4 is 16.0 Å². The fourth-order valence-electron chi connectivity index (χ4n) is 2.97. The maximum absolute atomic E-state index is 11.9. The second-order valence-corrected chi connectivity index (χ2v) is 6.92. The quantitative estimate of drug-likeness (QED) is 0.549. The minimum atomic E-state index is 0.0337. The van der Waals surface area contributed by atoms with E-state index in [-0.39, 0.29) is 11.8 Å². The molecule has 2 aromatic rings. The first-order valence-electron chi connectivity index (χ1n) is 8.34. The van der Waals surface area contributed by atoms with Crippen molar-refractivity contribution in [3.63, 3.8) is 0 Å².